The lowest BCUT2D eigenvalue weighted by Crippen LogP contribution is -2.15. The van der Waals surface area contributed by atoms with Crippen LogP contribution in [0.5, 0.6) is 0 Å². The third-order valence-electron chi connectivity index (χ3n) is 3.78. The minimum atomic E-state index is -0.198. The van der Waals surface area contributed by atoms with E-state index in [4.69, 9.17) is 11.6 Å². The molecular formula is C19H21ClN2O2. The fraction of sp³-hybridized carbons (Fsp3) is 0.263. The topological polar surface area (TPSA) is 58.2 Å². The number of aryl methyl sites for hydroxylation is 1. The standard InChI is InChI=1S/C19H21ClN2O2/c1-4-13-8-11-17(20)16(5-2)18(13)22-19(24)14-6-9-15(10-7-14)21-12(3)23/h6-11H,4-5H2,1-3H3,(H,21,23)(H,22,24). The van der Waals surface area contributed by atoms with Crippen LogP contribution in [0.15, 0.2) is 36.4 Å². The second-order valence-corrected chi connectivity index (χ2v) is 5.89. The molecule has 0 saturated carbocycles. The molecule has 0 aromatic heterocycles. The number of benzene rings is 2. The van der Waals surface area contributed by atoms with Crippen LogP contribution >= 0.6 is 11.6 Å². The number of halogens is 1. The van der Waals surface area contributed by atoms with Gasteiger partial charge in [-0.3, -0.25) is 9.59 Å². The molecule has 0 aliphatic rings. The molecule has 0 bridgehead atoms. The number of nitrogens with one attached hydrogen (secondary N) is 2. The van der Waals surface area contributed by atoms with Crippen molar-refractivity contribution in [2.24, 2.45) is 0 Å². The van der Waals surface area contributed by atoms with Crippen LogP contribution in [0.3, 0.4) is 0 Å². The zero-order valence-electron chi connectivity index (χ0n) is 14.1. The van der Waals surface area contributed by atoms with Crippen molar-refractivity contribution in [2.75, 3.05) is 10.6 Å². The molecule has 0 heterocycles. The van der Waals surface area contributed by atoms with Crippen molar-refractivity contribution < 1.29 is 9.59 Å². The molecule has 0 aliphatic carbocycles. The van der Waals surface area contributed by atoms with Crippen molar-refractivity contribution in [3.8, 4) is 0 Å². The predicted octanol–water partition coefficient (Wildman–Crippen LogP) is 4.68. The largest absolute Gasteiger partial charge is 0.326 e. The van der Waals surface area contributed by atoms with Gasteiger partial charge in [0, 0.05) is 28.9 Å². The number of amides is 2. The van der Waals surface area contributed by atoms with E-state index in [1.165, 1.54) is 6.92 Å². The number of hydrogen-bond donors (Lipinski definition) is 2. The van der Waals surface area contributed by atoms with E-state index in [9.17, 15) is 9.59 Å². The summed E-state index contributed by atoms with van der Waals surface area (Å²) in [7, 11) is 0. The molecule has 0 unspecified atom stereocenters. The maximum atomic E-state index is 12.6. The van der Waals surface area contributed by atoms with Gasteiger partial charge in [0.15, 0.2) is 0 Å². The van der Waals surface area contributed by atoms with Gasteiger partial charge in [-0.1, -0.05) is 31.5 Å². The summed E-state index contributed by atoms with van der Waals surface area (Å²) in [4.78, 5) is 23.6. The molecule has 0 spiro atoms. The maximum Gasteiger partial charge on any atom is 0.255 e. The van der Waals surface area contributed by atoms with E-state index in [1.807, 2.05) is 26.0 Å². The second kappa shape index (κ2) is 7.97. The summed E-state index contributed by atoms with van der Waals surface area (Å²) >= 11 is 6.27. The third-order valence-corrected chi connectivity index (χ3v) is 4.14. The first-order valence-electron chi connectivity index (χ1n) is 7.95. The minimum Gasteiger partial charge on any atom is -0.326 e. The van der Waals surface area contributed by atoms with Crippen LogP contribution in [-0.2, 0) is 17.6 Å². The molecule has 4 nitrogen and oxygen atoms in total. The van der Waals surface area contributed by atoms with Crippen LogP contribution in [0.2, 0.25) is 5.02 Å². The highest BCUT2D eigenvalue weighted by Gasteiger charge is 2.14. The molecule has 2 rings (SSSR count). The normalized spacial score (nSPS) is 10.3. The van der Waals surface area contributed by atoms with Gasteiger partial charge in [-0.2, -0.15) is 0 Å². The Morgan fingerprint density at radius 2 is 1.62 bits per heavy atom. The molecule has 0 fully saturated rings. The maximum absolute atomic E-state index is 12.6. The molecule has 126 valence electrons. The highest BCUT2D eigenvalue weighted by Crippen LogP contribution is 2.30. The number of hydrogen-bond acceptors (Lipinski definition) is 2. The van der Waals surface area contributed by atoms with Crippen LogP contribution in [0, 0.1) is 0 Å². The number of anilines is 2. The highest BCUT2D eigenvalue weighted by molar-refractivity contribution is 6.32. The van der Waals surface area contributed by atoms with Gasteiger partial charge in [0.1, 0.15) is 0 Å². The van der Waals surface area contributed by atoms with E-state index in [-0.39, 0.29) is 11.8 Å². The highest BCUT2D eigenvalue weighted by atomic mass is 35.5. The summed E-state index contributed by atoms with van der Waals surface area (Å²) in [6, 6.07) is 10.6. The van der Waals surface area contributed by atoms with Gasteiger partial charge < -0.3 is 10.6 Å². The Labute approximate surface area is 147 Å². The molecule has 2 aromatic rings. The minimum absolute atomic E-state index is 0.147. The van der Waals surface area contributed by atoms with Gasteiger partial charge >= 0.3 is 0 Å². The molecule has 24 heavy (non-hydrogen) atoms. The quantitative estimate of drug-likeness (QED) is 0.827. The van der Waals surface area contributed by atoms with Crippen molar-refractivity contribution in [3.05, 3.63) is 58.1 Å². The Hall–Kier alpha value is -2.33. The van der Waals surface area contributed by atoms with E-state index in [2.05, 4.69) is 10.6 Å². The predicted molar refractivity (Wildman–Crippen MR) is 98.9 cm³/mol. The van der Waals surface area contributed by atoms with Crippen molar-refractivity contribution >= 4 is 34.8 Å². The molecule has 0 saturated heterocycles. The summed E-state index contributed by atoms with van der Waals surface area (Å²) in [6.07, 6.45) is 1.55. The molecule has 2 N–H and O–H groups in total. The van der Waals surface area contributed by atoms with E-state index in [0.717, 1.165) is 29.7 Å². The number of carbonyl (C=O) groups excluding carboxylic acids is 2. The van der Waals surface area contributed by atoms with Crippen molar-refractivity contribution in [3.63, 3.8) is 0 Å². The van der Waals surface area contributed by atoms with E-state index >= 15 is 0 Å². The fourth-order valence-corrected chi connectivity index (χ4v) is 2.85. The molecule has 2 aromatic carbocycles. The van der Waals surface area contributed by atoms with Crippen LogP contribution in [0.25, 0.3) is 0 Å². The zero-order valence-corrected chi connectivity index (χ0v) is 14.8. The summed E-state index contributed by atoms with van der Waals surface area (Å²) < 4.78 is 0. The Bertz CT molecular complexity index is 755. The fourth-order valence-electron chi connectivity index (χ4n) is 2.56. The van der Waals surface area contributed by atoms with E-state index < -0.39 is 0 Å². The second-order valence-electron chi connectivity index (χ2n) is 5.48. The molecule has 2 amide bonds. The van der Waals surface area contributed by atoms with Crippen molar-refractivity contribution in [2.45, 2.75) is 33.6 Å². The van der Waals surface area contributed by atoms with E-state index in [0.29, 0.717) is 16.3 Å². The van der Waals surface area contributed by atoms with Crippen LogP contribution in [-0.4, -0.2) is 11.8 Å². The summed E-state index contributed by atoms with van der Waals surface area (Å²) in [6.45, 7) is 5.50. The van der Waals surface area contributed by atoms with Crippen LogP contribution in [0.1, 0.15) is 42.3 Å². The molecule has 0 radical (unpaired) electrons. The SMILES string of the molecule is CCc1ccc(Cl)c(CC)c1NC(=O)c1ccc(NC(C)=O)cc1. The Kier molecular flexibility index (Phi) is 5.99. The van der Waals surface area contributed by atoms with Gasteiger partial charge in [0.05, 0.1) is 0 Å². The first-order valence-corrected chi connectivity index (χ1v) is 8.33. The van der Waals surface area contributed by atoms with Crippen molar-refractivity contribution in [1.29, 1.82) is 0 Å². The van der Waals surface area contributed by atoms with Crippen LogP contribution < -0.4 is 10.6 Å². The lowest BCUT2D eigenvalue weighted by atomic mass is 10.0. The van der Waals surface area contributed by atoms with Gasteiger partial charge in [-0.25, -0.2) is 0 Å². The summed E-state index contributed by atoms with van der Waals surface area (Å²) in [5.74, 6) is -0.345. The van der Waals surface area contributed by atoms with Crippen LogP contribution in [0.4, 0.5) is 11.4 Å². The van der Waals surface area contributed by atoms with Gasteiger partial charge in [0.25, 0.3) is 5.91 Å². The summed E-state index contributed by atoms with van der Waals surface area (Å²) in [5, 5.41) is 6.32. The molecule has 5 heteroatoms. The molecule has 0 atom stereocenters. The van der Waals surface area contributed by atoms with Gasteiger partial charge in [-0.05, 0) is 54.3 Å². The lowest BCUT2D eigenvalue weighted by Gasteiger charge is -2.16. The van der Waals surface area contributed by atoms with E-state index in [1.54, 1.807) is 24.3 Å². The number of carbonyl (C=O) groups is 2. The van der Waals surface area contributed by atoms with Gasteiger partial charge in [-0.15, -0.1) is 0 Å². The molecule has 0 aliphatic heterocycles. The smallest absolute Gasteiger partial charge is 0.255 e. The number of rotatable bonds is 5. The van der Waals surface area contributed by atoms with Gasteiger partial charge in [0.2, 0.25) is 5.91 Å². The molecular weight excluding hydrogens is 324 g/mol. The first-order chi connectivity index (χ1) is 11.5. The average molecular weight is 345 g/mol. The Morgan fingerprint density at radius 3 is 2.17 bits per heavy atom. The third kappa shape index (κ3) is 4.15. The lowest BCUT2D eigenvalue weighted by molar-refractivity contribution is -0.114. The average Bonchev–Trinajstić information content (AvgIpc) is 2.55. The first kappa shape index (κ1) is 18.0. The Balaban J connectivity index is 2.26. The summed E-state index contributed by atoms with van der Waals surface area (Å²) in [5.41, 5.74) is 3.97. The zero-order chi connectivity index (χ0) is 17.7. The monoisotopic (exact) mass is 344 g/mol. The Morgan fingerprint density at radius 1 is 0.958 bits per heavy atom. The van der Waals surface area contributed by atoms with Crippen molar-refractivity contribution in [1.82, 2.24) is 0 Å².